The Kier molecular flexibility index (Phi) is 5.42. The van der Waals surface area contributed by atoms with E-state index in [1.807, 2.05) is 29.2 Å². The van der Waals surface area contributed by atoms with E-state index in [1.165, 1.54) is 5.56 Å². The molecule has 1 aromatic carbocycles. The highest BCUT2D eigenvalue weighted by atomic mass is 16.2. The summed E-state index contributed by atoms with van der Waals surface area (Å²) in [4.78, 5) is 25.6. The van der Waals surface area contributed by atoms with Crippen LogP contribution in [-0.4, -0.2) is 35.8 Å². The number of benzene rings is 1. The first-order valence-corrected chi connectivity index (χ1v) is 8.21. The lowest BCUT2D eigenvalue weighted by Gasteiger charge is -2.32. The number of hydrogen-bond donors (Lipinski definition) is 2. The largest absolute Gasteiger partial charge is 0.368 e. The quantitative estimate of drug-likeness (QED) is 0.894. The molecular formula is C18H27N3O2. The number of nitrogens with one attached hydrogen (secondary N) is 1. The molecule has 1 heterocycles. The normalized spacial score (nSPS) is 19.3. The minimum absolute atomic E-state index is 0.0883. The van der Waals surface area contributed by atoms with Crippen LogP contribution >= 0.6 is 0 Å². The first-order chi connectivity index (χ1) is 10.8. The summed E-state index contributed by atoms with van der Waals surface area (Å²) in [5, 5.41) is 2.89. The second kappa shape index (κ2) is 7.13. The molecular weight excluding hydrogens is 290 g/mol. The Morgan fingerprint density at radius 3 is 2.43 bits per heavy atom. The summed E-state index contributed by atoms with van der Waals surface area (Å²) in [6, 6.07) is 7.57. The van der Waals surface area contributed by atoms with Crippen LogP contribution in [-0.2, 0) is 15.0 Å². The van der Waals surface area contributed by atoms with Gasteiger partial charge in [0.2, 0.25) is 11.8 Å². The van der Waals surface area contributed by atoms with Gasteiger partial charge in [0, 0.05) is 5.69 Å². The van der Waals surface area contributed by atoms with Gasteiger partial charge in [-0.2, -0.15) is 0 Å². The number of carbonyl (C=O) groups excluding carboxylic acids is 2. The van der Waals surface area contributed by atoms with Crippen LogP contribution in [0.1, 0.15) is 45.6 Å². The maximum Gasteiger partial charge on any atom is 0.238 e. The van der Waals surface area contributed by atoms with Crippen LogP contribution in [0.2, 0.25) is 0 Å². The molecule has 1 fully saturated rings. The minimum Gasteiger partial charge on any atom is -0.368 e. The van der Waals surface area contributed by atoms with E-state index in [9.17, 15) is 9.59 Å². The predicted molar refractivity (Wildman–Crippen MR) is 92.2 cm³/mol. The number of primary amides is 1. The standard InChI is InChI=1S/C18H27N3O2/c1-18(2,3)13-7-9-14(10-8-13)20-16(22)12-21-11-5-4-6-15(21)17(19)23/h7-10,15H,4-6,11-12H2,1-3H3,(H2,19,23)(H,20,22)/t15-/m0/s1. The van der Waals surface area contributed by atoms with Crippen LogP contribution in [0.3, 0.4) is 0 Å². The van der Waals surface area contributed by atoms with Gasteiger partial charge in [-0.25, -0.2) is 0 Å². The van der Waals surface area contributed by atoms with E-state index >= 15 is 0 Å². The van der Waals surface area contributed by atoms with Gasteiger partial charge in [0.15, 0.2) is 0 Å². The van der Waals surface area contributed by atoms with Gasteiger partial charge in [-0.05, 0) is 42.5 Å². The van der Waals surface area contributed by atoms with Crippen LogP contribution < -0.4 is 11.1 Å². The smallest absolute Gasteiger partial charge is 0.238 e. The molecule has 0 unspecified atom stereocenters. The number of hydrogen-bond acceptors (Lipinski definition) is 3. The number of rotatable bonds is 4. The fraction of sp³-hybridized carbons (Fsp3) is 0.556. The second-order valence-electron chi connectivity index (χ2n) is 7.26. The molecule has 3 N–H and O–H groups in total. The zero-order valence-corrected chi connectivity index (χ0v) is 14.3. The number of amides is 2. The molecule has 2 amide bonds. The summed E-state index contributed by atoms with van der Waals surface area (Å²) in [6.07, 6.45) is 2.72. The Bertz CT molecular complexity index is 561. The van der Waals surface area contributed by atoms with Crippen molar-refractivity contribution in [2.24, 2.45) is 5.73 Å². The Hall–Kier alpha value is -1.88. The van der Waals surface area contributed by atoms with Crippen LogP contribution in [0.15, 0.2) is 24.3 Å². The molecule has 0 aliphatic carbocycles. The zero-order chi connectivity index (χ0) is 17.0. The zero-order valence-electron chi connectivity index (χ0n) is 14.3. The fourth-order valence-corrected chi connectivity index (χ4v) is 2.94. The SMILES string of the molecule is CC(C)(C)c1ccc(NC(=O)CN2CCCC[C@H]2C(N)=O)cc1. The Labute approximate surface area is 138 Å². The van der Waals surface area contributed by atoms with Crippen molar-refractivity contribution in [3.05, 3.63) is 29.8 Å². The van der Waals surface area contributed by atoms with Gasteiger partial charge >= 0.3 is 0 Å². The lowest BCUT2D eigenvalue weighted by molar-refractivity contribution is -0.126. The first kappa shape index (κ1) is 17.5. The van der Waals surface area contributed by atoms with E-state index in [2.05, 4.69) is 26.1 Å². The molecule has 1 aromatic rings. The molecule has 1 saturated heterocycles. The van der Waals surface area contributed by atoms with E-state index in [4.69, 9.17) is 5.73 Å². The third-order valence-electron chi connectivity index (χ3n) is 4.32. The van der Waals surface area contributed by atoms with Gasteiger partial charge in [-0.15, -0.1) is 0 Å². The number of nitrogens with zero attached hydrogens (tertiary/aromatic N) is 1. The van der Waals surface area contributed by atoms with Crippen LogP contribution in [0.25, 0.3) is 0 Å². The fourth-order valence-electron chi connectivity index (χ4n) is 2.94. The van der Waals surface area contributed by atoms with E-state index in [0.717, 1.165) is 31.5 Å². The monoisotopic (exact) mass is 317 g/mol. The van der Waals surface area contributed by atoms with Crippen molar-refractivity contribution in [2.75, 3.05) is 18.4 Å². The highest BCUT2D eigenvalue weighted by Crippen LogP contribution is 2.23. The highest BCUT2D eigenvalue weighted by Gasteiger charge is 2.28. The molecule has 0 bridgehead atoms. The summed E-state index contributed by atoms with van der Waals surface area (Å²) in [5.74, 6) is -0.450. The van der Waals surface area contributed by atoms with Gasteiger partial charge in [0.25, 0.3) is 0 Å². The van der Waals surface area contributed by atoms with Gasteiger partial charge in [0.1, 0.15) is 0 Å². The molecule has 5 heteroatoms. The molecule has 23 heavy (non-hydrogen) atoms. The van der Waals surface area contributed by atoms with Crippen molar-refractivity contribution in [1.82, 2.24) is 4.90 Å². The molecule has 126 valence electrons. The van der Waals surface area contributed by atoms with Crippen LogP contribution in [0, 0.1) is 0 Å². The van der Waals surface area contributed by atoms with Crippen molar-refractivity contribution in [3.8, 4) is 0 Å². The van der Waals surface area contributed by atoms with Crippen molar-refractivity contribution >= 4 is 17.5 Å². The summed E-state index contributed by atoms with van der Waals surface area (Å²) in [5.41, 5.74) is 7.52. The Balaban J connectivity index is 1.95. The Morgan fingerprint density at radius 1 is 1.22 bits per heavy atom. The van der Waals surface area contributed by atoms with E-state index < -0.39 is 0 Å². The number of piperidine rings is 1. The summed E-state index contributed by atoms with van der Waals surface area (Å²) in [7, 11) is 0. The maximum absolute atomic E-state index is 12.2. The van der Waals surface area contributed by atoms with E-state index in [-0.39, 0.29) is 29.8 Å². The summed E-state index contributed by atoms with van der Waals surface area (Å²) >= 11 is 0. The molecule has 0 aromatic heterocycles. The molecule has 1 aliphatic heterocycles. The number of likely N-dealkylation sites (tertiary alicyclic amines) is 1. The van der Waals surface area contributed by atoms with Crippen LogP contribution in [0.5, 0.6) is 0 Å². The molecule has 1 atom stereocenters. The lowest BCUT2D eigenvalue weighted by Crippen LogP contribution is -2.50. The third kappa shape index (κ3) is 4.79. The van der Waals surface area contributed by atoms with Gasteiger partial charge in [-0.1, -0.05) is 39.3 Å². The molecule has 0 radical (unpaired) electrons. The average Bonchev–Trinajstić information content (AvgIpc) is 2.47. The molecule has 1 aliphatic rings. The van der Waals surface area contributed by atoms with Crippen molar-refractivity contribution < 1.29 is 9.59 Å². The Morgan fingerprint density at radius 2 is 1.87 bits per heavy atom. The summed E-state index contributed by atoms with van der Waals surface area (Å²) < 4.78 is 0. The molecule has 2 rings (SSSR count). The van der Waals surface area contributed by atoms with Gasteiger partial charge < -0.3 is 11.1 Å². The van der Waals surface area contributed by atoms with Gasteiger partial charge in [0.05, 0.1) is 12.6 Å². The third-order valence-corrected chi connectivity index (χ3v) is 4.32. The molecule has 0 saturated carbocycles. The lowest BCUT2D eigenvalue weighted by atomic mass is 9.87. The minimum atomic E-state index is -0.341. The topological polar surface area (TPSA) is 75.4 Å². The number of nitrogens with two attached hydrogens (primary N) is 1. The first-order valence-electron chi connectivity index (χ1n) is 8.21. The molecule has 5 nitrogen and oxygen atoms in total. The van der Waals surface area contributed by atoms with Crippen LogP contribution in [0.4, 0.5) is 5.69 Å². The van der Waals surface area contributed by atoms with E-state index in [0.29, 0.717) is 0 Å². The maximum atomic E-state index is 12.2. The average molecular weight is 317 g/mol. The molecule has 0 spiro atoms. The van der Waals surface area contributed by atoms with Crippen molar-refractivity contribution in [2.45, 2.75) is 51.5 Å². The number of anilines is 1. The predicted octanol–water partition coefficient (Wildman–Crippen LogP) is 2.26. The van der Waals surface area contributed by atoms with Crippen molar-refractivity contribution in [1.29, 1.82) is 0 Å². The van der Waals surface area contributed by atoms with Gasteiger partial charge in [-0.3, -0.25) is 14.5 Å². The number of carbonyl (C=O) groups is 2. The summed E-state index contributed by atoms with van der Waals surface area (Å²) in [6.45, 7) is 7.40. The second-order valence-corrected chi connectivity index (χ2v) is 7.26. The van der Waals surface area contributed by atoms with E-state index in [1.54, 1.807) is 0 Å². The van der Waals surface area contributed by atoms with Crippen molar-refractivity contribution in [3.63, 3.8) is 0 Å². The highest BCUT2D eigenvalue weighted by molar-refractivity contribution is 5.92.